The number of nitrogens with zero attached hydrogens (tertiary/aromatic N) is 1. The topological polar surface area (TPSA) is 84.1 Å². The van der Waals surface area contributed by atoms with E-state index in [4.69, 9.17) is 14.2 Å². The summed E-state index contributed by atoms with van der Waals surface area (Å²) in [6, 6.07) is 6.14. The maximum atomic E-state index is 12.1. The van der Waals surface area contributed by atoms with Crippen LogP contribution in [-0.4, -0.2) is 69.0 Å². The van der Waals surface area contributed by atoms with Crippen LogP contribution in [0.25, 0.3) is 0 Å². The Labute approximate surface area is 165 Å². The molecule has 1 aromatic rings. The number of esters is 1. The van der Waals surface area contributed by atoms with E-state index in [1.165, 1.54) is 0 Å². The van der Waals surface area contributed by atoms with Crippen molar-refractivity contribution in [3.63, 3.8) is 0 Å². The van der Waals surface area contributed by atoms with E-state index in [1.54, 1.807) is 0 Å². The van der Waals surface area contributed by atoms with Gasteiger partial charge < -0.3 is 24.4 Å². The Morgan fingerprint density at radius 1 is 1.32 bits per heavy atom. The molecule has 0 amide bonds. The van der Waals surface area contributed by atoms with Crippen LogP contribution in [0.5, 0.6) is 11.5 Å². The molecule has 0 radical (unpaired) electrons. The van der Waals surface area contributed by atoms with Gasteiger partial charge in [-0.05, 0) is 38.4 Å². The number of carbonyl (C=O) groups is 1. The number of benzene rings is 1. The lowest BCUT2D eigenvalue weighted by atomic mass is 9.98. The number of hydrogen-bond donors (Lipinski definition) is 3. The maximum absolute atomic E-state index is 12.1. The lowest BCUT2D eigenvalue weighted by molar-refractivity contribution is -0.146. The smallest absolute Gasteiger partial charge is 0.324 e. The zero-order valence-corrected chi connectivity index (χ0v) is 16.4. The minimum absolute atomic E-state index is 0.166. The molecule has 3 atom stereocenters. The molecule has 28 heavy (non-hydrogen) atoms. The molecule has 0 aliphatic carbocycles. The van der Waals surface area contributed by atoms with Crippen LogP contribution < -0.4 is 25.6 Å². The summed E-state index contributed by atoms with van der Waals surface area (Å²) < 4.78 is 16.5. The van der Waals surface area contributed by atoms with Gasteiger partial charge in [-0.2, -0.15) is 0 Å². The van der Waals surface area contributed by atoms with Gasteiger partial charge in [-0.3, -0.25) is 10.2 Å². The number of hydrazine groups is 1. The van der Waals surface area contributed by atoms with Crippen molar-refractivity contribution in [1.29, 1.82) is 0 Å². The number of ether oxygens (including phenoxy) is 3. The third-order valence-corrected chi connectivity index (χ3v) is 5.54. The van der Waals surface area contributed by atoms with Gasteiger partial charge in [-0.15, -0.1) is 0 Å². The number of piperidine rings is 1. The fraction of sp³-hybridized carbons (Fsp3) is 0.650. The van der Waals surface area contributed by atoms with Crippen LogP contribution in [0.1, 0.15) is 19.8 Å². The summed E-state index contributed by atoms with van der Waals surface area (Å²) >= 11 is 0. The molecule has 8 heteroatoms. The molecule has 0 spiro atoms. The molecule has 2 fully saturated rings. The van der Waals surface area contributed by atoms with Gasteiger partial charge >= 0.3 is 5.97 Å². The first-order valence-corrected chi connectivity index (χ1v) is 10.3. The van der Waals surface area contributed by atoms with Crippen LogP contribution in [-0.2, 0) is 9.53 Å². The van der Waals surface area contributed by atoms with Crippen LogP contribution >= 0.6 is 0 Å². The molecule has 8 nitrogen and oxygen atoms in total. The molecule has 3 heterocycles. The molecule has 4 rings (SSSR count). The Balaban J connectivity index is 1.32. The van der Waals surface area contributed by atoms with E-state index in [-0.39, 0.29) is 17.9 Å². The van der Waals surface area contributed by atoms with E-state index >= 15 is 0 Å². The van der Waals surface area contributed by atoms with Crippen molar-refractivity contribution < 1.29 is 19.0 Å². The minimum atomic E-state index is -0.272. The lowest BCUT2D eigenvalue weighted by Gasteiger charge is -2.35. The summed E-state index contributed by atoms with van der Waals surface area (Å²) in [5.74, 6) is 1.67. The molecule has 2 saturated heterocycles. The first-order valence-electron chi connectivity index (χ1n) is 10.3. The zero-order chi connectivity index (χ0) is 19.3. The Kier molecular flexibility index (Phi) is 6.19. The van der Waals surface area contributed by atoms with Crippen molar-refractivity contribution in [3.05, 3.63) is 18.2 Å². The zero-order valence-electron chi connectivity index (χ0n) is 16.4. The van der Waals surface area contributed by atoms with Crippen LogP contribution in [0, 0.1) is 5.92 Å². The number of hydrogen-bond acceptors (Lipinski definition) is 8. The average molecular weight is 390 g/mol. The van der Waals surface area contributed by atoms with Crippen LogP contribution in [0.15, 0.2) is 18.2 Å². The highest BCUT2D eigenvalue weighted by Crippen LogP contribution is 2.33. The summed E-state index contributed by atoms with van der Waals surface area (Å²) in [7, 11) is 0. The first kappa shape index (κ1) is 19.3. The maximum Gasteiger partial charge on any atom is 0.324 e. The predicted octanol–water partition coefficient (Wildman–Crippen LogP) is 0.990. The molecule has 1 aromatic carbocycles. The summed E-state index contributed by atoms with van der Waals surface area (Å²) in [4.78, 5) is 14.6. The standard InChI is InChI=1S/C20H30N4O4/c1-2-26-20(25)19-14(11-21-23-19)12-24-7-3-4-16(13-24)22-15-5-6-17-18(10-15)28-9-8-27-17/h5-6,10,14,16,19,21-23H,2-4,7-9,11-13H2,1H3. The first-order chi connectivity index (χ1) is 13.7. The van der Waals surface area contributed by atoms with Crippen molar-refractivity contribution in [2.75, 3.05) is 51.3 Å². The normalized spacial score (nSPS) is 27.4. The molecular weight excluding hydrogens is 360 g/mol. The molecular formula is C20H30N4O4. The number of nitrogens with one attached hydrogen (secondary N) is 3. The summed E-state index contributed by atoms with van der Waals surface area (Å²) in [6.07, 6.45) is 2.27. The second kappa shape index (κ2) is 8.98. The quantitative estimate of drug-likeness (QED) is 0.621. The molecule has 3 N–H and O–H groups in total. The average Bonchev–Trinajstić information content (AvgIpc) is 3.16. The summed E-state index contributed by atoms with van der Waals surface area (Å²) in [6.45, 7) is 7.13. The highest BCUT2D eigenvalue weighted by atomic mass is 16.6. The van der Waals surface area contributed by atoms with Gasteiger partial charge in [0, 0.05) is 43.3 Å². The number of anilines is 1. The van der Waals surface area contributed by atoms with Crippen LogP contribution in [0.2, 0.25) is 0 Å². The number of fused-ring (bicyclic) bond motifs is 1. The highest BCUT2D eigenvalue weighted by molar-refractivity contribution is 5.76. The third kappa shape index (κ3) is 4.51. The minimum Gasteiger partial charge on any atom is -0.486 e. The predicted molar refractivity (Wildman–Crippen MR) is 106 cm³/mol. The highest BCUT2D eigenvalue weighted by Gasteiger charge is 2.35. The fourth-order valence-corrected chi connectivity index (χ4v) is 4.23. The van der Waals surface area contributed by atoms with Gasteiger partial charge in [0.2, 0.25) is 0 Å². The van der Waals surface area contributed by atoms with Crippen molar-refractivity contribution in [1.82, 2.24) is 15.8 Å². The van der Waals surface area contributed by atoms with Gasteiger partial charge in [0.15, 0.2) is 11.5 Å². The number of rotatable bonds is 6. The van der Waals surface area contributed by atoms with E-state index in [0.717, 1.165) is 56.2 Å². The van der Waals surface area contributed by atoms with Crippen molar-refractivity contribution in [3.8, 4) is 11.5 Å². The van der Waals surface area contributed by atoms with Gasteiger partial charge in [0.05, 0.1) is 6.61 Å². The lowest BCUT2D eigenvalue weighted by Crippen LogP contribution is -2.48. The fourth-order valence-electron chi connectivity index (χ4n) is 4.23. The van der Waals surface area contributed by atoms with E-state index in [0.29, 0.717) is 25.9 Å². The molecule has 0 saturated carbocycles. The Morgan fingerprint density at radius 2 is 2.18 bits per heavy atom. The van der Waals surface area contributed by atoms with Crippen LogP contribution in [0.4, 0.5) is 5.69 Å². The largest absolute Gasteiger partial charge is 0.486 e. The Hall–Kier alpha value is -2.03. The number of likely N-dealkylation sites (tertiary alicyclic amines) is 1. The monoisotopic (exact) mass is 390 g/mol. The van der Waals surface area contributed by atoms with E-state index < -0.39 is 0 Å². The molecule has 0 aromatic heterocycles. The third-order valence-electron chi connectivity index (χ3n) is 5.54. The molecule has 3 unspecified atom stereocenters. The van der Waals surface area contributed by atoms with Crippen molar-refractivity contribution in [2.24, 2.45) is 5.92 Å². The van der Waals surface area contributed by atoms with Gasteiger partial charge in [-0.1, -0.05) is 0 Å². The Morgan fingerprint density at radius 3 is 3.04 bits per heavy atom. The molecule has 154 valence electrons. The van der Waals surface area contributed by atoms with Crippen molar-refractivity contribution >= 4 is 11.7 Å². The summed E-state index contributed by atoms with van der Waals surface area (Å²) in [5.41, 5.74) is 7.24. The summed E-state index contributed by atoms with van der Waals surface area (Å²) in [5, 5.41) is 3.64. The Bertz CT molecular complexity index is 686. The molecule has 3 aliphatic rings. The molecule has 0 bridgehead atoms. The van der Waals surface area contributed by atoms with E-state index in [9.17, 15) is 4.79 Å². The van der Waals surface area contributed by atoms with Crippen LogP contribution in [0.3, 0.4) is 0 Å². The van der Waals surface area contributed by atoms with Gasteiger partial charge in [-0.25, -0.2) is 5.43 Å². The van der Waals surface area contributed by atoms with Crippen molar-refractivity contribution in [2.45, 2.75) is 31.8 Å². The van der Waals surface area contributed by atoms with E-state index in [1.807, 2.05) is 25.1 Å². The SMILES string of the molecule is CCOC(=O)C1NNCC1CN1CCCC(Nc2ccc3c(c2)OCCO3)C1. The second-order valence-corrected chi connectivity index (χ2v) is 7.62. The second-order valence-electron chi connectivity index (χ2n) is 7.62. The van der Waals surface area contributed by atoms with Gasteiger partial charge in [0.1, 0.15) is 19.3 Å². The number of carbonyl (C=O) groups excluding carboxylic acids is 1. The van der Waals surface area contributed by atoms with E-state index in [2.05, 4.69) is 21.1 Å². The molecule has 3 aliphatic heterocycles. The van der Waals surface area contributed by atoms with Gasteiger partial charge in [0.25, 0.3) is 0 Å².